The molecule has 0 aliphatic rings. The summed E-state index contributed by atoms with van der Waals surface area (Å²) in [5.74, 6) is -0.00994. The fourth-order valence-corrected chi connectivity index (χ4v) is 3.72. The third-order valence-corrected chi connectivity index (χ3v) is 5.69. The molecule has 2 aromatic carbocycles. The number of aliphatic hydroxyl groups excluding tert-OH is 1. The van der Waals surface area contributed by atoms with Crippen LogP contribution in [0.1, 0.15) is 16.7 Å². The quantitative estimate of drug-likeness (QED) is 0.0847. The van der Waals surface area contributed by atoms with Crippen LogP contribution in [0.5, 0.6) is 17.4 Å². The number of aromatic nitrogens is 1. The van der Waals surface area contributed by atoms with Crippen LogP contribution in [-0.2, 0) is 6.18 Å². The van der Waals surface area contributed by atoms with Crippen molar-refractivity contribution in [1.29, 1.82) is 5.41 Å². The first-order valence-electron chi connectivity index (χ1n) is 9.10. The van der Waals surface area contributed by atoms with Crippen molar-refractivity contribution in [3.63, 3.8) is 0 Å². The number of aryl methyl sites for hydroxylation is 1. The van der Waals surface area contributed by atoms with E-state index in [9.17, 15) is 18.3 Å². The van der Waals surface area contributed by atoms with Crippen molar-refractivity contribution in [2.45, 2.75) is 17.1 Å². The average molecular weight is 578 g/mol. The number of ether oxygens (including phenoxy) is 1. The zero-order chi connectivity index (χ0) is 23.5. The van der Waals surface area contributed by atoms with E-state index in [1.165, 1.54) is 12.1 Å². The largest absolute Gasteiger partial charge is 0.492 e. The second kappa shape index (κ2) is 9.92. The van der Waals surface area contributed by atoms with Crippen molar-refractivity contribution in [3.05, 3.63) is 59.2 Å². The fourth-order valence-electron chi connectivity index (χ4n) is 2.70. The van der Waals surface area contributed by atoms with Gasteiger partial charge in [0.15, 0.2) is 0 Å². The van der Waals surface area contributed by atoms with E-state index in [1.807, 2.05) is 22.6 Å². The molecular formula is C20H18F3IN4O3S. The van der Waals surface area contributed by atoms with Gasteiger partial charge in [0, 0.05) is 5.69 Å². The van der Waals surface area contributed by atoms with Crippen LogP contribution in [0.4, 0.5) is 23.9 Å². The van der Waals surface area contributed by atoms with Gasteiger partial charge in [-0.1, -0.05) is 28.7 Å². The topological polar surface area (TPSA) is 110 Å². The van der Waals surface area contributed by atoms with Crippen molar-refractivity contribution in [2.24, 2.45) is 0 Å². The highest BCUT2D eigenvalue weighted by Gasteiger charge is 2.30. The van der Waals surface area contributed by atoms with Crippen LogP contribution in [0, 0.1) is 12.3 Å². The van der Waals surface area contributed by atoms with Crippen molar-refractivity contribution in [1.82, 2.24) is 9.69 Å². The molecule has 0 aliphatic heterocycles. The van der Waals surface area contributed by atoms with E-state index in [0.29, 0.717) is 16.4 Å². The summed E-state index contributed by atoms with van der Waals surface area (Å²) in [6, 6.07) is 9.53. The summed E-state index contributed by atoms with van der Waals surface area (Å²) in [5, 5.41) is 33.6. The van der Waals surface area contributed by atoms with Gasteiger partial charge in [0.05, 0.1) is 12.2 Å². The van der Waals surface area contributed by atoms with Crippen LogP contribution in [0.15, 0.2) is 42.5 Å². The maximum atomic E-state index is 12.9. The molecule has 0 aliphatic carbocycles. The Morgan fingerprint density at radius 2 is 1.97 bits per heavy atom. The van der Waals surface area contributed by atoms with E-state index in [-0.39, 0.29) is 29.6 Å². The maximum absolute atomic E-state index is 12.9. The van der Waals surface area contributed by atoms with Crippen LogP contribution >= 0.6 is 34.1 Å². The first-order chi connectivity index (χ1) is 15.1. The van der Waals surface area contributed by atoms with Gasteiger partial charge in [0.25, 0.3) is 0 Å². The highest BCUT2D eigenvalue weighted by molar-refractivity contribution is 14.1. The van der Waals surface area contributed by atoms with Gasteiger partial charge in [-0.3, -0.25) is 5.41 Å². The molecule has 0 saturated heterocycles. The lowest BCUT2D eigenvalue weighted by molar-refractivity contribution is -0.137. The van der Waals surface area contributed by atoms with E-state index < -0.39 is 15.8 Å². The Labute approximate surface area is 199 Å². The molecule has 0 bridgehead atoms. The molecule has 12 heteroatoms. The van der Waals surface area contributed by atoms with Crippen molar-refractivity contribution < 1.29 is 28.1 Å². The minimum Gasteiger partial charge on any atom is -0.492 e. The normalized spacial score (nSPS) is 12.3. The molecule has 7 nitrogen and oxygen atoms in total. The number of anilines is 2. The number of aromatic hydroxyl groups is 1. The molecule has 0 fully saturated rings. The third-order valence-electron chi connectivity index (χ3n) is 4.23. The number of hydrogen-bond acceptors (Lipinski definition) is 7. The number of amidine groups is 1. The lowest BCUT2D eigenvalue weighted by Gasteiger charge is -2.15. The highest BCUT2D eigenvalue weighted by atomic mass is 127. The minimum atomic E-state index is -4.46. The van der Waals surface area contributed by atoms with Crippen LogP contribution in [0.2, 0.25) is 0 Å². The Morgan fingerprint density at radius 3 is 2.62 bits per heavy atom. The average Bonchev–Trinajstić information content (AvgIpc) is 3.09. The summed E-state index contributed by atoms with van der Waals surface area (Å²) in [6.45, 7) is 1.58. The summed E-state index contributed by atoms with van der Waals surface area (Å²) >= 11 is 2.88. The zero-order valence-electron chi connectivity index (χ0n) is 16.5. The number of nitrogens with zero attached hydrogens (tertiary/aromatic N) is 1. The number of nitrogens with one attached hydrogen (secondary N) is 3. The highest BCUT2D eigenvalue weighted by Crippen LogP contribution is 2.36. The standard InChI is InChI=1S/C20H18F3IN4O3S/c1-10-7-13(31-12-4-2-3-11(8-12)20(21,22)23)5-6-14(10)26-19-16(18(30)28-32-19)17(25)27-15(24)9-29/h2-8,15,26,29H,9H2,1H3,(H2,25,27)(H,28,30)/t15-/m0/s1. The van der Waals surface area contributed by atoms with E-state index in [1.54, 1.807) is 25.1 Å². The molecule has 170 valence electrons. The minimum absolute atomic E-state index is 0.0614. The van der Waals surface area contributed by atoms with E-state index in [4.69, 9.17) is 15.3 Å². The molecule has 3 aromatic rings. The second-order valence-corrected chi connectivity index (χ2v) is 8.89. The monoisotopic (exact) mass is 578 g/mol. The number of rotatable bonds is 7. The van der Waals surface area contributed by atoms with Gasteiger partial charge in [0.2, 0.25) is 5.88 Å². The van der Waals surface area contributed by atoms with E-state index in [2.05, 4.69) is 15.0 Å². The van der Waals surface area contributed by atoms with Crippen LogP contribution < -0.4 is 15.4 Å². The molecule has 0 saturated carbocycles. The summed E-state index contributed by atoms with van der Waals surface area (Å²) in [5.41, 5.74) is 0.713. The molecule has 1 heterocycles. The van der Waals surface area contributed by atoms with Crippen molar-refractivity contribution >= 4 is 50.6 Å². The number of hydrogen-bond donors (Lipinski definition) is 5. The molecule has 0 amide bonds. The summed E-state index contributed by atoms with van der Waals surface area (Å²) in [4.78, 5) is 0. The Bertz CT molecular complexity index is 1120. The van der Waals surface area contributed by atoms with Crippen molar-refractivity contribution in [2.75, 3.05) is 11.9 Å². The van der Waals surface area contributed by atoms with Gasteiger partial charge < -0.3 is 25.6 Å². The fraction of sp³-hybridized carbons (Fsp3) is 0.200. The second-order valence-electron chi connectivity index (χ2n) is 6.61. The first kappa shape index (κ1) is 24.1. The molecule has 0 spiro atoms. The maximum Gasteiger partial charge on any atom is 0.416 e. The van der Waals surface area contributed by atoms with Gasteiger partial charge in [-0.05, 0) is 60.4 Å². The van der Waals surface area contributed by atoms with Crippen LogP contribution in [0.25, 0.3) is 0 Å². The molecule has 32 heavy (non-hydrogen) atoms. The lowest BCUT2D eigenvalue weighted by atomic mass is 10.1. The molecule has 1 atom stereocenters. The van der Waals surface area contributed by atoms with E-state index >= 15 is 0 Å². The predicted molar refractivity (Wildman–Crippen MR) is 125 cm³/mol. The predicted octanol–water partition coefficient (Wildman–Crippen LogP) is 5.38. The van der Waals surface area contributed by atoms with Gasteiger partial charge in [0.1, 0.15) is 31.9 Å². The van der Waals surface area contributed by atoms with Gasteiger partial charge in [-0.2, -0.15) is 17.5 Å². The van der Waals surface area contributed by atoms with Crippen molar-refractivity contribution in [3.8, 4) is 17.4 Å². The molecule has 5 N–H and O–H groups in total. The first-order valence-corrected chi connectivity index (χ1v) is 11.1. The SMILES string of the molecule is Cc1cc(Oc2cccc(C(F)(F)F)c2)ccc1Nc1snc(O)c1C(=N)N[C@H](I)CO. The summed E-state index contributed by atoms with van der Waals surface area (Å²) in [6.07, 6.45) is -4.46. The number of benzene rings is 2. The molecule has 0 unspecified atom stereocenters. The van der Waals surface area contributed by atoms with E-state index in [0.717, 1.165) is 29.2 Å². The molecule has 1 aromatic heterocycles. The third kappa shape index (κ3) is 5.81. The Hall–Kier alpha value is -2.58. The van der Waals surface area contributed by atoms with Gasteiger partial charge in [-0.15, -0.1) is 0 Å². The Kier molecular flexibility index (Phi) is 7.46. The number of alkyl halides is 4. The summed E-state index contributed by atoms with van der Waals surface area (Å²) < 4.78 is 47.7. The molecule has 0 radical (unpaired) electrons. The Balaban J connectivity index is 1.78. The number of aliphatic hydroxyl groups is 1. The van der Waals surface area contributed by atoms with Gasteiger partial charge in [-0.25, -0.2) is 0 Å². The molecular weight excluding hydrogens is 560 g/mol. The lowest BCUT2D eigenvalue weighted by Crippen LogP contribution is -2.32. The summed E-state index contributed by atoms with van der Waals surface area (Å²) in [7, 11) is 0. The van der Waals surface area contributed by atoms with Crippen LogP contribution in [-0.4, -0.2) is 31.1 Å². The number of halogens is 4. The zero-order valence-corrected chi connectivity index (χ0v) is 19.5. The van der Waals surface area contributed by atoms with Gasteiger partial charge >= 0.3 is 6.18 Å². The molecule has 3 rings (SSSR count). The van der Waals surface area contributed by atoms with Crippen LogP contribution in [0.3, 0.4) is 0 Å². The smallest absolute Gasteiger partial charge is 0.416 e. The Morgan fingerprint density at radius 1 is 1.25 bits per heavy atom.